The Kier molecular flexibility index (Phi) is 6.75. The van der Waals surface area contributed by atoms with Crippen LogP contribution >= 0.6 is 11.3 Å². The van der Waals surface area contributed by atoms with Crippen molar-refractivity contribution < 1.29 is 9.47 Å². The molecule has 2 N–H and O–H groups in total. The zero-order chi connectivity index (χ0) is 16.5. The zero-order valence-corrected chi connectivity index (χ0v) is 14.6. The molecule has 5 nitrogen and oxygen atoms in total. The van der Waals surface area contributed by atoms with Crippen molar-refractivity contribution in [3.63, 3.8) is 0 Å². The highest BCUT2D eigenvalue weighted by Gasteiger charge is 2.06. The van der Waals surface area contributed by atoms with Gasteiger partial charge in [0.15, 0.2) is 5.96 Å². The van der Waals surface area contributed by atoms with E-state index >= 15 is 0 Å². The van der Waals surface area contributed by atoms with Crippen molar-refractivity contribution in [2.24, 2.45) is 4.99 Å². The van der Waals surface area contributed by atoms with Crippen LogP contribution in [0.4, 0.5) is 0 Å². The Morgan fingerprint density at radius 1 is 1.17 bits per heavy atom. The molecule has 1 heterocycles. The zero-order valence-electron chi connectivity index (χ0n) is 13.8. The lowest BCUT2D eigenvalue weighted by molar-refractivity contribution is 0.398. The van der Waals surface area contributed by atoms with Gasteiger partial charge in [-0.15, -0.1) is 11.3 Å². The summed E-state index contributed by atoms with van der Waals surface area (Å²) in [6.45, 7) is 1.54. The number of benzene rings is 1. The number of thiophene rings is 1. The summed E-state index contributed by atoms with van der Waals surface area (Å²) in [5.74, 6) is 2.50. The van der Waals surface area contributed by atoms with E-state index in [1.165, 1.54) is 4.88 Å². The smallest absolute Gasteiger partial charge is 0.191 e. The Morgan fingerprint density at radius 2 is 2.04 bits per heavy atom. The molecule has 0 saturated carbocycles. The van der Waals surface area contributed by atoms with Crippen LogP contribution in [0.3, 0.4) is 0 Å². The Balaban J connectivity index is 1.85. The predicted molar refractivity (Wildman–Crippen MR) is 95.8 cm³/mol. The second-order valence-electron chi connectivity index (χ2n) is 4.86. The van der Waals surface area contributed by atoms with E-state index in [1.807, 2.05) is 24.3 Å². The molecular formula is C17H23N3O2S. The van der Waals surface area contributed by atoms with Crippen LogP contribution < -0.4 is 20.1 Å². The largest absolute Gasteiger partial charge is 0.497 e. The van der Waals surface area contributed by atoms with Crippen LogP contribution in [-0.2, 0) is 13.0 Å². The maximum atomic E-state index is 5.40. The van der Waals surface area contributed by atoms with Crippen LogP contribution in [0.5, 0.6) is 11.5 Å². The van der Waals surface area contributed by atoms with Gasteiger partial charge in [-0.1, -0.05) is 6.07 Å². The topological polar surface area (TPSA) is 54.9 Å². The molecule has 6 heteroatoms. The molecule has 0 radical (unpaired) electrons. The molecular weight excluding hydrogens is 310 g/mol. The molecule has 23 heavy (non-hydrogen) atoms. The van der Waals surface area contributed by atoms with Gasteiger partial charge in [-0.05, 0) is 41.6 Å². The number of guanidine groups is 1. The molecule has 2 rings (SSSR count). The van der Waals surface area contributed by atoms with E-state index in [1.54, 1.807) is 32.6 Å². The lowest BCUT2D eigenvalue weighted by atomic mass is 10.1. The summed E-state index contributed by atoms with van der Waals surface area (Å²) in [5.41, 5.74) is 1.10. The molecule has 0 amide bonds. The third-order valence-electron chi connectivity index (χ3n) is 3.41. The van der Waals surface area contributed by atoms with Gasteiger partial charge in [-0.25, -0.2) is 0 Å². The van der Waals surface area contributed by atoms with Crippen molar-refractivity contribution >= 4 is 17.3 Å². The summed E-state index contributed by atoms with van der Waals surface area (Å²) in [6, 6.07) is 9.98. The normalized spacial score (nSPS) is 11.2. The second kappa shape index (κ2) is 9.05. The first-order valence-corrected chi connectivity index (χ1v) is 8.32. The predicted octanol–water partition coefficient (Wildman–Crippen LogP) is 2.67. The molecule has 0 aliphatic heterocycles. The average Bonchev–Trinajstić information content (AvgIpc) is 3.11. The number of methoxy groups -OCH3 is 2. The highest BCUT2D eigenvalue weighted by molar-refractivity contribution is 7.09. The molecule has 0 unspecified atom stereocenters. The molecule has 0 aliphatic rings. The van der Waals surface area contributed by atoms with Crippen LogP contribution in [0, 0.1) is 0 Å². The van der Waals surface area contributed by atoms with Crippen molar-refractivity contribution in [3.05, 3.63) is 46.2 Å². The number of aliphatic imine (C=N–C) groups is 1. The van der Waals surface area contributed by atoms with E-state index in [-0.39, 0.29) is 0 Å². The summed E-state index contributed by atoms with van der Waals surface area (Å²) in [6.07, 6.45) is 0.820. The molecule has 0 saturated heterocycles. The molecule has 0 spiro atoms. The molecule has 2 aromatic rings. The molecule has 0 atom stereocenters. The fourth-order valence-electron chi connectivity index (χ4n) is 2.20. The van der Waals surface area contributed by atoms with Gasteiger partial charge >= 0.3 is 0 Å². The number of ether oxygens (including phenoxy) is 2. The number of nitrogens with one attached hydrogen (secondary N) is 2. The van der Waals surface area contributed by atoms with E-state index in [9.17, 15) is 0 Å². The maximum absolute atomic E-state index is 5.40. The molecule has 0 fully saturated rings. The number of hydrogen-bond acceptors (Lipinski definition) is 4. The summed E-state index contributed by atoms with van der Waals surface area (Å²) in [5, 5.41) is 8.69. The van der Waals surface area contributed by atoms with Crippen molar-refractivity contribution in [2.45, 2.75) is 13.0 Å². The van der Waals surface area contributed by atoms with Gasteiger partial charge in [0, 0.05) is 18.5 Å². The molecule has 1 aromatic heterocycles. The van der Waals surface area contributed by atoms with E-state index in [0.29, 0.717) is 0 Å². The summed E-state index contributed by atoms with van der Waals surface area (Å²) >= 11 is 1.73. The van der Waals surface area contributed by atoms with Gasteiger partial charge in [-0.3, -0.25) is 4.99 Å². The van der Waals surface area contributed by atoms with Gasteiger partial charge < -0.3 is 20.1 Å². The highest BCUT2D eigenvalue weighted by Crippen LogP contribution is 2.24. The fourth-order valence-corrected chi connectivity index (χ4v) is 2.84. The minimum Gasteiger partial charge on any atom is -0.497 e. The summed E-state index contributed by atoms with van der Waals surface area (Å²) < 4.78 is 10.7. The van der Waals surface area contributed by atoms with Crippen LogP contribution in [-0.4, -0.2) is 33.8 Å². The van der Waals surface area contributed by atoms with Crippen LogP contribution in [0.15, 0.2) is 40.7 Å². The second-order valence-corrected chi connectivity index (χ2v) is 5.89. The van der Waals surface area contributed by atoms with E-state index < -0.39 is 0 Å². The van der Waals surface area contributed by atoms with E-state index in [2.05, 4.69) is 27.1 Å². The number of rotatable bonds is 7. The SMILES string of the molecule is CN=C(NCCc1cc(OC)ccc1OC)NCc1cccs1. The minimum absolute atomic E-state index is 0.758. The highest BCUT2D eigenvalue weighted by atomic mass is 32.1. The van der Waals surface area contributed by atoms with Gasteiger partial charge in [0.05, 0.1) is 20.8 Å². The van der Waals surface area contributed by atoms with Gasteiger partial charge in [0.2, 0.25) is 0 Å². The first kappa shape index (κ1) is 17.1. The first-order chi connectivity index (χ1) is 11.3. The lowest BCUT2D eigenvalue weighted by Gasteiger charge is -2.13. The average molecular weight is 333 g/mol. The van der Waals surface area contributed by atoms with E-state index in [0.717, 1.165) is 42.5 Å². The van der Waals surface area contributed by atoms with Gasteiger partial charge in [0.25, 0.3) is 0 Å². The van der Waals surface area contributed by atoms with Crippen molar-refractivity contribution in [1.82, 2.24) is 10.6 Å². The summed E-state index contributed by atoms with van der Waals surface area (Å²) in [7, 11) is 5.12. The molecule has 0 bridgehead atoms. The Bertz CT molecular complexity index is 627. The monoisotopic (exact) mass is 333 g/mol. The molecule has 124 valence electrons. The van der Waals surface area contributed by atoms with Crippen molar-refractivity contribution in [3.8, 4) is 11.5 Å². The quantitative estimate of drug-likeness (QED) is 0.604. The Morgan fingerprint density at radius 3 is 2.70 bits per heavy atom. The number of hydrogen-bond donors (Lipinski definition) is 2. The van der Waals surface area contributed by atoms with Crippen LogP contribution in [0.1, 0.15) is 10.4 Å². The number of nitrogens with zero attached hydrogens (tertiary/aromatic N) is 1. The standard InChI is InChI=1S/C17H23N3O2S/c1-18-17(20-12-15-5-4-10-23-15)19-9-8-13-11-14(21-2)6-7-16(13)22-3/h4-7,10-11H,8-9,12H2,1-3H3,(H2,18,19,20). The van der Waals surface area contributed by atoms with Crippen molar-refractivity contribution in [1.29, 1.82) is 0 Å². The Labute approximate surface area is 141 Å². The first-order valence-electron chi connectivity index (χ1n) is 7.44. The van der Waals surface area contributed by atoms with E-state index in [4.69, 9.17) is 9.47 Å². The van der Waals surface area contributed by atoms with Crippen molar-refractivity contribution in [2.75, 3.05) is 27.8 Å². The minimum atomic E-state index is 0.758. The lowest BCUT2D eigenvalue weighted by Crippen LogP contribution is -2.37. The van der Waals surface area contributed by atoms with Gasteiger partial charge in [-0.2, -0.15) is 0 Å². The Hall–Kier alpha value is -2.21. The fraction of sp³-hybridized carbons (Fsp3) is 0.353. The molecule has 0 aliphatic carbocycles. The van der Waals surface area contributed by atoms with Crippen LogP contribution in [0.2, 0.25) is 0 Å². The van der Waals surface area contributed by atoms with Crippen LogP contribution in [0.25, 0.3) is 0 Å². The van der Waals surface area contributed by atoms with Gasteiger partial charge in [0.1, 0.15) is 11.5 Å². The third kappa shape index (κ3) is 5.17. The molecule has 1 aromatic carbocycles. The summed E-state index contributed by atoms with van der Waals surface area (Å²) in [4.78, 5) is 5.52. The third-order valence-corrected chi connectivity index (χ3v) is 4.28. The maximum Gasteiger partial charge on any atom is 0.191 e.